The Balaban J connectivity index is 1.60. The normalized spacial score (nSPS) is 12.0. The number of hydrogen-bond donors (Lipinski definition) is 2. The van der Waals surface area contributed by atoms with Gasteiger partial charge in [0, 0.05) is 5.69 Å². The molecule has 2 aromatic heterocycles. The first-order chi connectivity index (χ1) is 16.3. The van der Waals surface area contributed by atoms with E-state index in [1.54, 1.807) is 0 Å². The van der Waals surface area contributed by atoms with E-state index in [1.807, 2.05) is 4.72 Å². The van der Waals surface area contributed by atoms with Crippen molar-refractivity contribution in [2.75, 3.05) is 5.32 Å². The molecule has 0 radical (unpaired) electrons. The van der Waals surface area contributed by atoms with Crippen molar-refractivity contribution in [1.82, 2.24) is 14.3 Å². The van der Waals surface area contributed by atoms with Crippen LogP contribution in [0.4, 0.5) is 23.7 Å². The summed E-state index contributed by atoms with van der Waals surface area (Å²) in [6.45, 7) is 0. The molecule has 0 aliphatic heterocycles. The smallest absolute Gasteiger partial charge is 0.307 e. The number of amides is 2. The minimum Gasteiger partial charge on any atom is -0.307 e. The van der Waals surface area contributed by atoms with E-state index in [-0.39, 0.29) is 35.8 Å². The summed E-state index contributed by atoms with van der Waals surface area (Å²) in [6.07, 6.45) is -3.53. The van der Waals surface area contributed by atoms with E-state index in [9.17, 15) is 31.2 Å². The third kappa shape index (κ3) is 5.27. The first-order valence-electron chi connectivity index (χ1n) is 9.33. The Kier molecular flexibility index (Phi) is 6.53. The van der Waals surface area contributed by atoms with E-state index >= 15 is 0 Å². The van der Waals surface area contributed by atoms with E-state index in [4.69, 9.17) is 23.2 Å². The Labute approximate surface area is 209 Å². The molecule has 4 aromatic rings. The summed E-state index contributed by atoms with van der Waals surface area (Å²) in [4.78, 5) is 29.0. The van der Waals surface area contributed by atoms with Crippen molar-refractivity contribution in [2.45, 2.75) is 10.4 Å². The molecule has 0 spiro atoms. The number of benzene rings is 2. The highest BCUT2D eigenvalue weighted by atomic mass is 35.5. The van der Waals surface area contributed by atoms with Crippen molar-refractivity contribution in [1.29, 1.82) is 0 Å². The molecule has 2 heterocycles. The van der Waals surface area contributed by atoms with Gasteiger partial charge in [0.25, 0.3) is 15.6 Å². The summed E-state index contributed by atoms with van der Waals surface area (Å²) in [5.41, 5.74) is -1.56. The molecule has 8 nitrogen and oxygen atoms in total. The zero-order valence-electron chi connectivity index (χ0n) is 16.9. The molecule has 0 aliphatic carbocycles. The predicted octanol–water partition coefficient (Wildman–Crippen LogP) is 5.28. The number of fused-ring (bicyclic) bond motifs is 1. The standard InChI is InChI=1S/C20H11Cl2F3N4O4S2/c21-13-8-11(27-19(31)28-35(32,33)17-6-5-16(22)34-17)2-4-15(13)29-9-26-14-3-1-10(20(23,24)25)7-12(14)18(29)30/h1-9H,(H2,27,28,31). The number of nitrogens with one attached hydrogen (secondary N) is 2. The van der Waals surface area contributed by atoms with E-state index in [2.05, 4.69) is 10.3 Å². The maximum atomic E-state index is 13.1. The highest BCUT2D eigenvalue weighted by Gasteiger charge is 2.31. The monoisotopic (exact) mass is 562 g/mol. The van der Waals surface area contributed by atoms with Crippen LogP contribution in [0, 0.1) is 0 Å². The van der Waals surface area contributed by atoms with Gasteiger partial charge in [-0.1, -0.05) is 23.2 Å². The second-order valence-electron chi connectivity index (χ2n) is 6.93. The van der Waals surface area contributed by atoms with Crippen LogP contribution in [0.2, 0.25) is 9.36 Å². The topological polar surface area (TPSA) is 110 Å². The molecule has 0 unspecified atom stereocenters. The number of halogens is 5. The zero-order valence-corrected chi connectivity index (χ0v) is 20.1. The Morgan fingerprint density at radius 2 is 1.80 bits per heavy atom. The Bertz CT molecular complexity index is 1640. The lowest BCUT2D eigenvalue weighted by Gasteiger charge is -2.12. The van der Waals surface area contributed by atoms with Crippen LogP contribution in [0.3, 0.4) is 0 Å². The molecular formula is C20H11Cl2F3N4O4S2. The van der Waals surface area contributed by atoms with Gasteiger partial charge in [-0.25, -0.2) is 22.9 Å². The van der Waals surface area contributed by atoms with Gasteiger partial charge >= 0.3 is 12.2 Å². The largest absolute Gasteiger partial charge is 0.416 e. The highest BCUT2D eigenvalue weighted by molar-refractivity contribution is 7.92. The summed E-state index contributed by atoms with van der Waals surface area (Å²) in [6, 6.07) is 8.01. The van der Waals surface area contributed by atoms with Crippen molar-refractivity contribution < 1.29 is 26.4 Å². The Morgan fingerprint density at radius 1 is 1.06 bits per heavy atom. The van der Waals surface area contributed by atoms with Crippen molar-refractivity contribution in [3.63, 3.8) is 0 Å². The van der Waals surface area contributed by atoms with E-state index in [0.29, 0.717) is 6.07 Å². The molecule has 35 heavy (non-hydrogen) atoms. The Hall–Kier alpha value is -3.13. The average molecular weight is 563 g/mol. The van der Waals surface area contributed by atoms with Gasteiger partial charge in [0.2, 0.25) is 0 Å². The number of thiophene rings is 1. The van der Waals surface area contributed by atoms with Crippen molar-refractivity contribution >= 4 is 67.2 Å². The summed E-state index contributed by atoms with van der Waals surface area (Å²) < 4.78 is 66.4. The SMILES string of the molecule is O=C(Nc1ccc(-n2cnc3ccc(C(F)(F)F)cc3c2=O)c(Cl)c1)NS(=O)(=O)c1ccc(Cl)s1. The molecule has 0 atom stereocenters. The van der Waals surface area contributed by atoms with Gasteiger partial charge in [-0.15, -0.1) is 11.3 Å². The molecule has 182 valence electrons. The molecule has 0 bridgehead atoms. The third-order valence-corrected chi connectivity index (χ3v) is 7.95. The van der Waals surface area contributed by atoms with Gasteiger partial charge in [-0.05, 0) is 48.5 Å². The van der Waals surface area contributed by atoms with Crippen LogP contribution in [-0.4, -0.2) is 24.0 Å². The van der Waals surface area contributed by atoms with Crippen LogP contribution in [0.5, 0.6) is 0 Å². The molecule has 4 rings (SSSR count). The fourth-order valence-corrected chi connectivity index (χ4v) is 5.68. The van der Waals surface area contributed by atoms with E-state index < -0.39 is 33.4 Å². The third-order valence-electron chi connectivity index (χ3n) is 4.59. The van der Waals surface area contributed by atoms with Crippen LogP contribution >= 0.6 is 34.5 Å². The minimum absolute atomic E-state index is 0.0640. The van der Waals surface area contributed by atoms with Crippen LogP contribution < -0.4 is 15.6 Å². The summed E-state index contributed by atoms with van der Waals surface area (Å²) >= 11 is 12.7. The summed E-state index contributed by atoms with van der Waals surface area (Å²) in [5, 5.41) is 1.96. The fraction of sp³-hybridized carbons (Fsp3) is 0.0500. The fourth-order valence-electron chi connectivity index (χ4n) is 3.02. The maximum absolute atomic E-state index is 13.1. The first-order valence-corrected chi connectivity index (χ1v) is 12.4. The van der Waals surface area contributed by atoms with Gasteiger partial charge in [0.05, 0.1) is 31.5 Å². The lowest BCUT2D eigenvalue weighted by Crippen LogP contribution is -2.33. The molecule has 2 amide bonds. The zero-order chi connectivity index (χ0) is 25.5. The van der Waals surface area contributed by atoms with Gasteiger partial charge in [0.1, 0.15) is 10.5 Å². The molecule has 15 heteroatoms. The molecule has 0 aliphatic rings. The van der Waals surface area contributed by atoms with Gasteiger partial charge in [0.15, 0.2) is 0 Å². The van der Waals surface area contributed by atoms with Gasteiger partial charge in [-0.3, -0.25) is 9.36 Å². The van der Waals surface area contributed by atoms with Crippen LogP contribution in [0.15, 0.2) is 63.9 Å². The number of rotatable bonds is 4. The number of nitrogens with zero attached hydrogens (tertiary/aromatic N) is 2. The quantitative estimate of drug-likeness (QED) is 0.351. The number of urea groups is 1. The van der Waals surface area contributed by atoms with Crippen LogP contribution in [0.1, 0.15) is 5.56 Å². The second kappa shape index (κ2) is 9.15. The number of hydrogen-bond acceptors (Lipinski definition) is 6. The summed E-state index contributed by atoms with van der Waals surface area (Å²) in [7, 11) is -4.16. The van der Waals surface area contributed by atoms with E-state index in [0.717, 1.165) is 34.4 Å². The van der Waals surface area contributed by atoms with Crippen molar-refractivity contribution in [3.8, 4) is 5.69 Å². The van der Waals surface area contributed by atoms with Gasteiger partial charge < -0.3 is 5.32 Å². The molecule has 0 saturated heterocycles. The van der Waals surface area contributed by atoms with Crippen LogP contribution in [-0.2, 0) is 16.2 Å². The number of sulfonamides is 1. The highest BCUT2D eigenvalue weighted by Crippen LogP contribution is 2.31. The molecular weight excluding hydrogens is 552 g/mol. The van der Waals surface area contributed by atoms with Crippen LogP contribution in [0.25, 0.3) is 16.6 Å². The maximum Gasteiger partial charge on any atom is 0.416 e. The molecule has 2 N–H and O–H groups in total. The molecule has 0 saturated carbocycles. The number of aromatic nitrogens is 2. The predicted molar refractivity (Wildman–Crippen MR) is 126 cm³/mol. The lowest BCUT2D eigenvalue weighted by atomic mass is 10.1. The van der Waals surface area contributed by atoms with E-state index in [1.165, 1.54) is 30.3 Å². The number of alkyl halides is 3. The first kappa shape index (κ1) is 25.0. The summed E-state index contributed by atoms with van der Waals surface area (Å²) in [5.74, 6) is 0. The second-order valence-corrected chi connectivity index (χ2v) is 11.0. The average Bonchev–Trinajstić information content (AvgIpc) is 3.21. The number of carbonyl (C=O) groups excluding carboxylic acids is 1. The number of carbonyl (C=O) groups is 1. The van der Waals surface area contributed by atoms with Gasteiger partial charge in [-0.2, -0.15) is 13.2 Å². The van der Waals surface area contributed by atoms with Crippen molar-refractivity contribution in [2.24, 2.45) is 0 Å². The lowest BCUT2D eigenvalue weighted by molar-refractivity contribution is -0.137. The number of anilines is 1. The molecule has 0 fully saturated rings. The van der Waals surface area contributed by atoms with Crippen molar-refractivity contribution in [3.05, 3.63) is 80.1 Å². The minimum atomic E-state index is -4.64. The Morgan fingerprint density at radius 3 is 2.43 bits per heavy atom. The molecule has 2 aromatic carbocycles.